The quantitative estimate of drug-likeness (QED) is 0.519. The van der Waals surface area contributed by atoms with Gasteiger partial charge in [0.25, 0.3) is 5.91 Å². The standard InChI is InChI=1S/C23H23N3O4/c1-14-8-5-6-9-18(14)26-15(2)12-17(16(26)3)19(27)13-25-21(28)23(4,24-22(25)29)20-10-7-11-30-20/h5-12H,13H2,1-4H3,(H,24,29)/t23-/m1/s1. The first-order valence-electron chi connectivity index (χ1n) is 9.70. The van der Waals surface area contributed by atoms with Crippen LogP contribution < -0.4 is 5.32 Å². The molecule has 2 aromatic heterocycles. The molecule has 1 atom stereocenters. The summed E-state index contributed by atoms with van der Waals surface area (Å²) in [6.45, 7) is 7.04. The van der Waals surface area contributed by atoms with Gasteiger partial charge < -0.3 is 14.3 Å². The van der Waals surface area contributed by atoms with Crippen molar-refractivity contribution in [2.75, 3.05) is 6.54 Å². The molecule has 0 bridgehead atoms. The van der Waals surface area contributed by atoms with E-state index in [1.807, 2.05) is 49.6 Å². The maximum absolute atomic E-state index is 13.1. The van der Waals surface area contributed by atoms with Crippen LogP contribution in [0.4, 0.5) is 4.79 Å². The molecule has 3 heterocycles. The number of aryl methyl sites for hydroxylation is 2. The highest BCUT2D eigenvalue weighted by Gasteiger charge is 2.51. The van der Waals surface area contributed by atoms with Crippen molar-refractivity contribution in [3.63, 3.8) is 0 Å². The molecule has 1 aliphatic rings. The Morgan fingerprint density at radius 1 is 1.10 bits per heavy atom. The van der Waals surface area contributed by atoms with Crippen molar-refractivity contribution >= 4 is 17.7 Å². The molecular weight excluding hydrogens is 382 g/mol. The molecule has 7 nitrogen and oxygen atoms in total. The SMILES string of the molecule is Cc1ccccc1-n1c(C)cc(C(=O)CN2C(=O)N[C@](C)(c3ccco3)C2=O)c1C. The van der Waals surface area contributed by atoms with E-state index in [0.29, 0.717) is 11.3 Å². The van der Waals surface area contributed by atoms with Crippen LogP contribution >= 0.6 is 0 Å². The summed E-state index contributed by atoms with van der Waals surface area (Å²) in [4.78, 5) is 39.5. The summed E-state index contributed by atoms with van der Waals surface area (Å²) in [6.07, 6.45) is 1.44. The predicted molar refractivity (Wildman–Crippen MR) is 111 cm³/mol. The summed E-state index contributed by atoms with van der Waals surface area (Å²) in [6, 6.07) is 12.4. The molecule has 3 amide bonds. The highest BCUT2D eigenvalue weighted by molar-refractivity contribution is 6.11. The molecule has 1 aliphatic heterocycles. The summed E-state index contributed by atoms with van der Waals surface area (Å²) < 4.78 is 7.34. The number of hydrogen-bond acceptors (Lipinski definition) is 4. The molecule has 1 N–H and O–H groups in total. The number of imide groups is 1. The molecule has 154 valence electrons. The zero-order chi connectivity index (χ0) is 21.6. The molecular formula is C23H23N3O4. The van der Waals surface area contributed by atoms with Gasteiger partial charge in [0.1, 0.15) is 5.76 Å². The van der Waals surface area contributed by atoms with Gasteiger partial charge in [-0.2, -0.15) is 0 Å². The Hall–Kier alpha value is -3.61. The second-order valence-electron chi connectivity index (χ2n) is 7.75. The Kier molecular flexibility index (Phi) is 4.61. The van der Waals surface area contributed by atoms with Gasteiger partial charge in [0.05, 0.1) is 12.8 Å². The minimum Gasteiger partial charge on any atom is -0.466 e. The van der Waals surface area contributed by atoms with E-state index in [1.54, 1.807) is 25.1 Å². The lowest BCUT2D eigenvalue weighted by atomic mass is 9.99. The van der Waals surface area contributed by atoms with Crippen LogP contribution in [0.2, 0.25) is 0 Å². The largest absolute Gasteiger partial charge is 0.466 e. The number of rotatable bonds is 5. The molecule has 1 aromatic carbocycles. The Labute approximate surface area is 174 Å². The zero-order valence-corrected chi connectivity index (χ0v) is 17.4. The maximum atomic E-state index is 13.1. The highest BCUT2D eigenvalue weighted by Crippen LogP contribution is 2.30. The molecule has 1 fully saturated rings. The van der Waals surface area contributed by atoms with Gasteiger partial charge in [-0.05, 0) is 57.5 Å². The molecule has 0 aliphatic carbocycles. The highest BCUT2D eigenvalue weighted by atomic mass is 16.3. The molecule has 30 heavy (non-hydrogen) atoms. The van der Waals surface area contributed by atoms with Crippen molar-refractivity contribution in [3.05, 3.63) is 77.0 Å². The van der Waals surface area contributed by atoms with Gasteiger partial charge >= 0.3 is 6.03 Å². The Bertz CT molecular complexity index is 1160. The summed E-state index contributed by atoms with van der Waals surface area (Å²) in [7, 11) is 0. The lowest BCUT2D eigenvalue weighted by Crippen LogP contribution is -2.41. The van der Waals surface area contributed by atoms with E-state index in [-0.39, 0.29) is 12.3 Å². The molecule has 4 rings (SSSR count). The van der Waals surface area contributed by atoms with Gasteiger partial charge in [-0.25, -0.2) is 4.79 Å². The van der Waals surface area contributed by atoms with Crippen molar-refractivity contribution in [1.82, 2.24) is 14.8 Å². The van der Waals surface area contributed by atoms with E-state index in [9.17, 15) is 14.4 Å². The first kappa shape index (κ1) is 19.7. The fourth-order valence-electron chi connectivity index (χ4n) is 4.03. The summed E-state index contributed by atoms with van der Waals surface area (Å²) in [5.74, 6) is -0.479. The second-order valence-corrected chi connectivity index (χ2v) is 7.75. The van der Waals surface area contributed by atoms with Crippen molar-refractivity contribution in [3.8, 4) is 5.69 Å². The van der Waals surface area contributed by atoms with E-state index < -0.39 is 17.5 Å². The first-order chi connectivity index (χ1) is 14.2. The third-order valence-electron chi connectivity index (χ3n) is 5.68. The lowest BCUT2D eigenvalue weighted by molar-refractivity contribution is -0.131. The minimum absolute atomic E-state index is 0.296. The van der Waals surface area contributed by atoms with E-state index in [4.69, 9.17) is 4.42 Å². The molecule has 0 radical (unpaired) electrons. The maximum Gasteiger partial charge on any atom is 0.325 e. The van der Waals surface area contributed by atoms with Crippen LogP contribution in [-0.2, 0) is 10.3 Å². The molecule has 1 saturated heterocycles. The summed E-state index contributed by atoms with van der Waals surface area (Å²) in [5, 5.41) is 2.64. The average molecular weight is 405 g/mol. The Balaban J connectivity index is 1.63. The van der Waals surface area contributed by atoms with Crippen LogP contribution in [0, 0.1) is 20.8 Å². The Morgan fingerprint density at radius 2 is 1.83 bits per heavy atom. The van der Waals surface area contributed by atoms with Crippen LogP contribution in [0.3, 0.4) is 0 Å². The fraction of sp³-hybridized carbons (Fsp3) is 0.261. The third-order valence-corrected chi connectivity index (χ3v) is 5.68. The molecule has 3 aromatic rings. The van der Waals surface area contributed by atoms with E-state index in [2.05, 4.69) is 5.32 Å². The number of nitrogens with one attached hydrogen (secondary N) is 1. The van der Waals surface area contributed by atoms with Crippen LogP contribution in [-0.4, -0.2) is 33.7 Å². The number of urea groups is 1. The van der Waals surface area contributed by atoms with Crippen LogP contribution in [0.5, 0.6) is 0 Å². The fourth-order valence-corrected chi connectivity index (χ4v) is 4.03. The van der Waals surface area contributed by atoms with Gasteiger partial charge in [0, 0.05) is 22.6 Å². The van der Waals surface area contributed by atoms with E-state index >= 15 is 0 Å². The molecule has 0 unspecified atom stereocenters. The number of para-hydroxylation sites is 1. The number of benzene rings is 1. The van der Waals surface area contributed by atoms with Crippen LogP contribution in [0.15, 0.2) is 53.1 Å². The number of Topliss-reactive ketones (excluding diaryl/α,β-unsaturated/α-hetero) is 1. The van der Waals surface area contributed by atoms with Crippen LogP contribution in [0.1, 0.15) is 40.0 Å². The molecule has 0 saturated carbocycles. The second kappa shape index (κ2) is 7.02. The molecule has 7 heteroatoms. The predicted octanol–water partition coefficient (Wildman–Crippen LogP) is 3.65. The van der Waals surface area contributed by atoms with Crippen molar-refractivity contribution in [2.45, 2.75) is 33.2 Å². The number of amides is 3. The van der Waals surface area contributed by atoms with Crippen molar-refractivity contribution in [1.29, 1.82) is 0 Å². The monoisotopic (exact) mass is 405 g/mol. The number of ketones is 1. The molecule has 0 spiro atoms. The average Bonchev–Trinajstić information content (AvgIpc) is 3.39. The topological polar surface area (TPSA) is 84.6 Å². The van der Waals surface area contributed by atoms with Crippen LogP contribution in [0.25, 0.3) is 5.69 Å². The number of carbonyl (C=O) groups is 3. The van der Waals surface area contributed by atoms with Gasteiger partial charge in [0.2, 0.25) is 0 Å². The number of aromatic nitrogens is 1. The van der Waals surface area contributed by atoms with Crippen molar-refractivity contribution in [2.24, 2.45) is 0 Å². The lowest BCUT2D eigenvalue weighted by Gasteiger charge is -2.18. The minimum atomic E-state index is -1.32. The van der Waals surface area contributed by atoms with Gasteiger partial charge in [-0.3, -0.25) is 14.5 Å². The van der Waals surface area contributed by atoms with Gasteiger partial charge in [0.15, 0.2) is 11.3 Å². The Morgan fingerprint density at radius 3 is 2.50 bits per heavy atom. The van der Waals surface area contributed by atoms with Crippen molar-refractivity contribution < 1.29 is 18.8 Å². The summed E-state index contributed by atoms with van der Waals surface area (Å²) in [5.41, 5.74) is 2.92. The van der Waals surface area contributed by atoms with E-state index in [0.717, 1.165) is 27.5 Å². The third kappa shape index (κ3) is 2.94. The smallest absolute Gasteiger partial charge is 0.325 e. The number of nitrogens with zero attached hydrogens (tertiary/aromatic N) is 2. The normalized spacial score (nSPS) is 18.7. The van der Waals surface area contributed by atoms with Gasteiger partial charge in [-0.15, -0.1) is 0 Å². The zero-order valence-electron chi connectivity index (χ0n) is 17.4. The number of furan rings is 1. The number of carbonyl (C=O) groups excluding carboxylic acids is 3. The van der Waals surface area contributed by atoms with Gasteiger partial charge in [-0.1, -0.05) is 18.2 Å². The van der Waals surface area contributed by atoms with E-state index in [1.165, 1.54) is 6.26 Å². The first-order valence-corrected chi connectivity index (χ1v) is 9.70. The summed E-state index contributed by atoms with van der Waals surface area (Å²) >= 11 is 0. The number of hydrogen-bond donors (Lipinski definition) is 1.